The van der Waals surface area contributed by atoms with Crippen LogP contribution in [0.15, 0.2) is 0 Å². The van der Waals surface area contributed by atoms with Gasteiger partial charge in [0.1, 0.15) is 10.0 Å². The zero-order chi connectivity index (χ0) is 7.40. The molecule has 56 valence electrons. The minimum absolute atomic E-state index is 0.460. The monoisotopic (exact) mass is 159 g/mol. The summed E-state index contributed by atoms with van der Waals surface area (Å²) >= 11 is 1.49. The van der Waals surface area contributed by atoms with Crippen molar-refractivity contribution >= 4 is 11.3 Å². The molecule has 4 nitrogen and oxygen atoms in total. The molecule has 2 N–H and O–H groups in total. The maximum atomic E-state index is 5.33. The van der Waals surface area contributed by atoms with Gasteiger partial charge in [0, 0.05) is 13.7 Å². The SMILES string of the molecule is COCc1nnc(CN)s1. The average Bonchev–Trinajstić information content (AvgIpc) is 2.37. The third-order valence-electron chi connectivity index (χ3n) is 0.951. The Hall–Kier alpha value is -0.520. The third kappa shape index (κ3) is 1.73. The molecule has 5 heteroatoms. The van der Waals surface area contributed by atoms with E-state index in [4.69, 9.17) is 10.5 Å². The fourth-order valence-electron chi connectivity index (χ4n) is 0.553. The highest BCUT2D eigenvalue weighted by Crippen LogP contribution is 2.08. The van der Waals surface area contributed by atoms with Gasteiger partial charge in [0.15, 0.2) is 0 Å². The lowest BCUT2D eigenvalue weighted by Crippen LogP contribution is -1.94. The first kappa shape index (κ1) is 7.59. The van der Waals surface area contributed by atoms with E-state index in [0.29, 0.717) is 13.2 Å². The van der Waals surface area contributed by atoms with Crippen LogP contribution in [0.25, 0.3) is 0 Å². The van der Waals surface area contributed by atoms with Crippen molar-refractivity contribution in [1.82, 2.24) is 10.2 Å². The molecule has 0 saturated heterocycles. The summed E-state index contributed by atoms with van der Waals surface area (Å²) in [6.07, 6.45) is 0. The van der Waals surface area contributed by atoms with E-state index in [0.717, 1.165) is 10.0 Å². The molecule has 0 spiro atoms. The van der Waals surface area contributed by atoms with Crippen LogP contribution in [0.5, 0.6) is 0 Å². The molecule has 1 heterocycles. The van der Waals surface area contributed by atoms with E-state index in [-0.39, 0.29) is 0 Å². The first-order valence-electron chi connectivity index (χ1n) is 2.87. The van der Waals surface area contributed by atoms with E-state index in [2.05, 4.69) is 10.2 Å². The van der Waals surface area contributed by atoms with Crippen LogP contribution < -0.4 is 5.73 Å². The first-order chi connectivity index (χ1) is 4.86. The first-order valence-corrected chi connectivity index (χ1v) is 3.68. The number of methoxy groups -OCH3 is 1. The summed E-state index contributed by atoms with van der Waals surface area (Å²) in [4.78, 5) is 0. The summed E-state index contributed by atoms with van der Waals surface area (Å²) in [5.74, 6) is 0. The van der Waals surface area contributed by atoms with E-state index in [1.807, 2.05) is 0 Å². The number of hydrogen-bond acceptors (Lipinski definition) is 5. The molecule has 0 aromatic carbocycles. The van der Waals surface area contributed by atoms with Gasteiger partial charge >= 0.3 is 0 Å². The molecule has 0 aliphatic rings. The number of nitrogens with zero attached hydrogens (tertiary/aromatic N) is 2. The maximum absolute atomic E-state index is 5.33. The van der Waals surface area contributed by atoms with Gasteiger partial charge in [-0.05, 0) is 0 Å². The van der Waals surface area contributed by atoms with E-state index in [1.165, 1.54) is 11.3 Å². The van der Waals surface area contributed by atoms with Gasteiger partial charge in [-0.25, -0.2) is 0 Å². The molecule has 0 aliphatic heterocycles. The van der Waals surface area contributed by atoms with Gasteiger partial charge in [-0.2, -0.15) is 0 Å². The number of rotatable bonds is 3. The Kier molecular flexibility index (Phi) is 2.73. The Bertz CT molecular complexity index is 201. The number of nitrogens with two attached hydrogens (primary N) is 1. The average molecular weight is 159 g/mol. The molecular weight excluding hydrogens is 150 g/mol. The minimum Gasteiger partial charge on any atom is -0.377 e. The fourth-order valence-corrected chi connectivity index (χ4v) is 1.25. The molecule has 1 aromatic rings. The van der Waals surface area contributed by atoms with Gasteiger partial charge in [-0.15, -0.1) is 10.2 Å². The molecule has 1 aromatic heterocycles. The van der Waals surface area contributed by atoms with Gasteiger partial charge in [0.2, 0.25) is 0 Å². The molecule has 0 aliphatic carbocycles. The molecule has 0 atom stereocenters. The van der Waals surface area contributed by atoms with Crippen LogP contribution in [0, 0.1) is 0 Å². The maximum Gasteiger partial charge on any atom is 0.143 e. The second-order valence-corrected chi connectivity index (χ2v) is 2.87. The van der Waals surface area contributed by atoms with E-state index in [9.17, 15) is 0 Å². The van der Waals surface area contributed by atoms with Crippen LogP contribution in [0.3, 0.4) is 0 Å². The highest BCUT2D eigenvalue weighted by atomic mass is 32.1. The lowest BCUT2D eigenvalue weighted by Gasteiger charge is -1.87. The normalized spacial score (nSPS) is 10.2. The van der Waals surface area contributed by atoms with E-state index in [1.54, 1.807) is 7.11 Å². The van der Waals surface area contributed by atoms with Crippen LogP contribution in [0.4, 0.5) is 0 Å². The van der Waals surface area contributed by atoms with E-state index < -0.39 is 0 Å². The highest BCUT2D eigenvalue weighted by Gasteiger charge is 1.99. The largest absolute Gasteiger partial charge is 0.377 e. The number of aromatic nitrogens is 2. The van der Waals surface area contributed by atoms with Crippen LogP contribution in [-0.2, 0) is 17.9 Å². The Labute approximate surface area is 63.0 Å². The Morgan fingerprint density at radius 2 is 2.20 bits per heavy atom. The van der Waals surface area contributed by atoms with Gasteiger partial charge in [0.25, 0.3) is 0 Å². The summed E-state index contributed by atoms with van der Waals surface area (Å²) in [6.45, 7) is 0.985. The van der Waals surface area contributed by atoms with Crippen LogP contribution >= 0.6 is 11.3 Å². The van der Waals surface area contributed by atoms with Crippen molar-refractivity contribution in [1.29, 1.82) is 0 Å². The van der Waals surface area contributed by atoms with Crippen molar-refractivity contribution < 1.29 is 4.74 Å². The molecule has 0 fully saturated rings. The molecule has 0 saturated carbocycles. The lowest BCUT2D eigenvalue weighted by molar-refractivity contribution is 0.184. The molecule has 0 radical (unpaired) electrons. The van der Waals surface area contributed by atoms with Crippen LogP contribution in [0.2, 0.25) is 0 Å². The van der Waals surface area contributed by atoms with Crippen LogP contribution in [0.1, 0.15) is 10.0 Å². The predicted octanol–water partition coefficient (Wildman–Crippen LogP) is 0.143. The molecule has 0 amide bonds. The van der Waals surface area contributed by atoms with E-state index >= 15 is 0 Å². The third-order valence-corrected chi connectivity index (χ3v) is 1.87. The highest BCUT2D eigenvalue weighted by molar-refractivity contribution is 7.11. The smallest absolute Gasteiger partial charge is 0.143 e. The number of hydrogen-bond donors (Lipinski definition) is 1. The van der Waals surface area contributed by atoms with Crippen molar-refractivity contribution in [2.75, 3.05) is 7.11 Å². The summed E-state index contributed by atoms with van der Waals surface area (Å²) < 4.78 is 4.85. The zero-order valence-electron chi connectivity index (χ0n) is 5.70. The lowest BCUT2D eigenvalue weighted by atomic mass is 10.7. The van der Waals surface area contributed by atoms with Gasteiger partial charge in [-0.3, -0.25) is 0 Å². The Morgan fingerprint density at radius 3 is 2.70 bits per heavy atom. The molecule has 10 heavy (non-hydrogen) atoms. The van der Waals surface area contributed by atoms with Crippen molar-refractivity contribution in [3.05, 3.63) is 10.0 Å². The van der Waals surface area contributed by atoms with Gasteiger partial charge < -0.3 is 10.5 Å². The number of ether oxygens (including phenoxy) is 1. The fraction of sp³-hybridized carbons (Fsp3) is 0.600. The second-order valence-electron chi connectivity index (χ2n) is 1.73. The predicted molar refractivity (Wildman–Crippen MR) is 38.5 cm³/mol. The molecule has 1 rings (SSSR count). The molecule has 0 unspecified atom stereocenters. The van der Waals surface area contributed by atoms with Crippen LogP contribution in [-0.4, -0.2) is 17.3 Å². The second kappa shape index (κ2) is 3.60. The van der Waals surface area contributed by atoms with Gasteiger partial charge in [0.05, 0.1) is 6.61 Å². The summed E-state index contributed by atoms with van der Waals surface area (Å²) in [7, 11) is 1.63. The minimum atomic E-state index is 0.460. The summed E-state index contributed by atoms with van der Waals surface area (Å²) in [6, 6.07) is 0. The zero-order valence-corrected chi connectivity index (χ0v) is 6.52. The Balaban J connectivity index is 2.59. The Morgan fingerprint density at radius 1 is 1.50 bits per heavy atom. The van der Waals surface area contributed by atoms with Gasteiger partial charge in [-0.1, -0.05) is 11.3 Å². The summed E-state index contributed by atoms with van der Waals surface area (Å²) in [5.41, 5.74) is 5.33. The van der Waals surface area contributed by atoms with Crippen molar-refractivity contribution in [3.8, 4) is 0 Å². The molecule has 0 bridgehead atoms. The van der Waals surface area contributed by atoms with Crippen molar-refractivity contribution in [2.45, 2.75) is 13.2 Å². The standard InChI is InChI=1S/C5H9N3OS/c1-9-3-5-8-7-4(2-6)10-5/h2-3,6H2,1H3. The van der Waals surface area contributed by atoms with Crippen molar-refractivity contribution in [3.63, 3.8) is 0 Å². The summed E-state index contributed by atoms with van der Waals surface area (Å²) in [5, 5.41) is 9.39. The molecular formula is C5H9N3OS. The quantitative estimate of drug-likeness (QED) is 0.681. The topological polar surface area (TPSA) is 61.0 Å². The van der Waals surface area contributed by atoms with Crippen molar-refractivity contribution in [2.24, 2.45) is 5.73 Å².